The number of nitrogens with zero attached hydrogens (tertiary/aromatic N) is 2. The molecule has 0 spiro atoms. The molecule has 0 radical (unpaired) electrons. The number of cyclic esters (lactones) is 1. The van der Waals surface area contributed by atoms with E-state index >= 15 is 0 Å². The first-order chi connectivity index (χ1) is 11.6. The number of hydrogen-bond acceptors (Lipinski definition) is 5. The largest absolute Gasteiger partial charge is 0.481 e. The van der Waals surface area contributed by atoms with Gasteiger partial charge in [-0.2, -0.15) is 0 Å². The third-order valence-corrected chi connectivity index (χ3v) is 4.40. The van der Waals surface area contributed by atoms with Crippen molar-refractivity contribution in [3.05, 3.63) is 18.2 Å². The summed E-state index contributed by atoms with van der Waals surface area (Å²) in [7, 11) is 1.50. The maximum atomic E-state index is 12.1. The van der Waals surface area contributed by atoms with Gasteiger partial charge >= 0.3 is 6.09 Å². The lowest BCUT2D eigenvalue weighted by atomic mass is 10.2. The van der Waals surface area contributed by atoms with Gasteiger partial charge in [-0.25, -0.2) is 4.79 Å². The Morgan fingerprint density at radius 1 is 1.29 bits per heavy atom. The molecule has 1 N–H and O–H groups in total. The molecular weight excluding hydrogens is 314 g/mol. The van der Waals surface area contributed by atoms with E-state index in [4.69, 9.17) is 9.47 Å². The Bertz CT molecular complexity index is 730. The fourth-order valence-electron chi connectivity index (χ4n) is 3.03. The van der Waals surface area contributed by atoms with Crippen LogP contribution in [-0.4, -0.2) is 50.3 Å². The molecule has 8 heteroatoms. The molecule has 2 aliphatic heterocycles. The number of hydrogen-bond donors (Lipinski definition) is 1. The average Bonchev–Trinajstić information content (AvgIpc) is 3.35. The van der Waals surface area contributed by atoms with Crippen LogP contribution in [0.5, 0.6) is 5.75 Å². The van der Waals surface area contributed by atoms with Crippen molar-refractivity contribution in [2.45, 2.75) is 25.0 Å². The summed E-state index contributed by atoms with van der Waals surface area (Å²) < 4.78 is 10.6. The molecule has 126 valence electrons. The molecule has 0 aromatic heterocycles. The van der Waals surface area contributed by atoms with Crippen LogP contribution in [0.4, 0.5) is 16.2 Å². The second-order valence-corrected chi connectivity index (χ2v) is 6.03. The standard InChI is InChI=1S/C16H17N3O5/c1-17-15(21)13-7-18(16(22)24-13)10-4-5-11-12(6-10)23-8-14(20)19(11)9-2-3-9/h4-6,9,13H,2-3,7-8H2,1H3,(H,17,21)/t13-/m1/s1. The molecule has 24 heavy (non-hydrogen) atoms. The molecule has 2 fully saturated rings. The van der Waals surface area contributed by atoms with Gasteiger partial charge in [0.15, 0.2) is 12.7 Å². The molecule has 8 nitrogen and oxygen atoms in total. The molecule has 1 aliphatic carbocycles. The van der Waals surface area contributed by atoms with Gasteiger partial charge in [-0.3, -0.25) is 14.5 Å². The maximum Gasteiger partial charge on any atom is 0.415 e. The van der Waals surface area contributed by atoms with Crippen molar-refractivity contribution in [2.24, 2.45) is 0 Å². The lowest BCUT2D eigenvalue weighted by Gasteiger charge is -2.30. The summed E-state index contributed by atoms with van der Waals surface area (Å²) in [6.07, 6.45) is 0.594. The number of carbonyl (C=O) groups excluding carboxylic acids is 3. The van der Waals surface area contributed by atoms with Crippen LogP contribution in [0.2, 0.25) is 0 Å². The van der Waals surface area contributed by atoms with Crippen LogP contribution in [0.1, 0.15) is 12.8 Å². The van der Waals surface area contributed by atoms with Crippen molar-refractivity contribution in [1.82, 2.24) is 5.32 Å². The highest BCUT2D eigenvalue weighted by molar-refractivity contribution is 6.00. The highest BCUT2D eigenvalue weighted by atomic mass is 16.6. The maximum absolute atomic E-state index is 12.1. The second kappa shape index (κ2) is 5.40. The van der Waals surface area contributed by atoms with Gasteiger partial charge in [0.05, 0.1) is 17.9 Å². The summed E-state index contributed by atoms with van der Waals surface area (Å²) in [5.41, 5.74) is 1.31. The van der Waals surface area contributed by atoms with Gasteiger partial charge in [0.1, 0.15) is 5.75 Å². The van der Waals surface area contributed by atoms with Gasteiger partial charge in [-0.15, -0.1) is 0 Å². The SMILES string of the molecule is CNC(=O)[C@H]1CN(c2ccc3c(c2)OCC(=O)N3C2CC2)C(=O)O1. The molecular formula is C16H17N3O5. The zero-order valence-corrected chi connectivity index (χ0v) is 13.2. The van der Waals surface area contributed by atoms with Crippen LogP contribution in [0, 0.1) is 0 Å². The normalized spacial score (nSPS) is 22.8. The van der Waals surface area contributed by atoms with Crippen molar-refractivity contribution >= 4 is 29.3 Å². The highest BCUT2D eigenvalue weighted by Crippen LogP contribution is 2.41. The third kappa shape index (κ3) is 2.34. The average molecular weight is 331 g/mol. The zero-order chi connectivity index (χ0) is 16.8. The van der Waals surface area contributed by atoms with E-state index in [-0.39, 0.29) is 31.0 Å². The second-order valence-electron chi connectivity index (χ2n) is 6.03. The number of benzene rings is 1. The number of carbonyl (C=O) groups is 3. The van der Waals surface area contributed by atoms with Crippen LogP contribution in [0.3, 0.4) is 0 Å². The van der Waals surface area contributed by atoms with Crippen LogP contribution in [0.25, 0.3) is 0 Å². The van der Waals surface area contributed by atoms with Gasteiger partial charge < -0.3 is 19.7 Å². The Morgan fingerprint density at radius 3 is 2.79 bits per heavy atom. The summed E-state index contributed by atoms with van der Waals surface area (Å²) in [6.45, 7) is 0.140. The van der Waals surface area contributed by atoms with E-state index in [0.29, 0.717) is 11.4 Å². The van der Waals surface area contributed by atoms with Gasteiger partial charge in [-0.1, -0.05) is 0 Å². The summed E-state index contributed by atoms with van der Waals surface area (Å²) in [5.74, 6) is 0.179. The number of anilines is 2. The smallest absolute Gasteiger partial charge is 0.415 e. The fourth-order valence-corrected chi connectivity index (χ4v) is 3.03. The highest BCUT2D eigenvalue weighted by Gasteiger charge is 2.40. The number of nitrogens with one attached hydrogen (secondary N) is 1. The summed E-state index contributed by atoms with van der Waals surface area (Å²) in [6, 6.07) is 5.48. The van der Waals surface area contributed by atoms with Gasteiger partial charge in [0.25, 0.3) is 11.8 Å². The summed E-state index contributed by atoms with van der Waals surface area (Å²) in [5, 5.41) is 2.47. The first kappa shape index (κ1) is 14.8. The number of fused-ring (bicyclic) bond motifs is 1. The minimum atomic E-state index is -0.830. The monoisotopic (exact) mass is 331 g/mol. The molecule has 2 heterocycles. The van der Waals surface area contributed by atoms with Gasteiger partial charge in [-0.05, 0) is 25.0 Å². The van der Waals surface area contributed by atoms with Crippen LogP contribution >= 0.6 is 0 Å². The summed E-state index contributed by atoms with van der Waals surface area (Å²) >= 11 is 0. The lowest BCUT2D eigenvalue weighted by Crippen LogP contribution is -2.40. The number of amides is 3. The molecule has 1 atom stereocenters. The number of ether oxygens (including phenoxy) is 2. The van der Waals surface area contributed by atoms with E-state index in [1.807, 2.05) is 0 Å². The summed E-state index contributed by atoms with van der Waals surface area (Å²) in [4.78, 5) is 38.9. The molecule has 1 saturated carbocycles. The van der Waals surface area contributed by atoms with E-state index in [2.05, 4.69) is 5.32 Å². The van der Waals surface area contributed by atoms with Crippen LogP contribution in [0.15, 0.2) is 18.2 Å². The topological polar surface area (TPSA) is 88.2 Å². The molecule has 4 rings (SSSR count). The van der Waals surface area contributed by atoms with Crippen LogP contribution < -0.4 is 19.9 Å². The first-order valence-corrected chi connectivity index (χ1v) is 7.87. The molecule has 0 bridgehead atoms. The Labute approximate surface area is 138 Å². The van der Waals surface area contributed by atoms with Crippen molar-refractivity contribution in [1.29, 1.82) is 0 Å². The van der Waals surface area contributed by atoms with E-state index in [0.717, 1.165) is 18.5 Å². The van der Waals surface area contributed by atoms with Crippen molar-refractivity contribution in [3.8, 4) is 5.75 Å². The minimum absolute atomic E-state index is 0.00172. The Morgan fingerprint density at radius 2 is 2.08 bits per heavy atom. The van der Waals surface area contributed by atoms with Crippen molar-refractivity contribution in [3.63, 3.8) is 0 Å². The van der Waals surface area contributed by atoms with E-state index in [9.17, 15) is 14.4 Å². The van der Waals surface area contributed by atoms with E-state index in [1.165, 1.54) is 11.9 Å². The predicted molar refractivity (Wildman–Crippen MR) is 84.1 cm³/mol. The molecule has 1 aromatic carbocycles. The van der Waals surface area contributed by atoms with Gasteiger partial charge in [0, 0.05) is 19.2 Å². The Kier molecular flexibility index (Phi) is 3.33. The fraction of sp³-hybridized carbons (Fsp3) is 0.438. The van der Waals surface area contributed by atoms with Crippen molar-refractivity contribution in [2.75, 3.05) is 30.0 Å². The lowest BCUT2D eigenvalue weighted by molar-refractivity contribution is -0.127. The quantitative estimate of drug-likeness (QED) is 0.878. The van der Waals surface area contributed by atoms with Crippen molar-refractivity contribution < 1.29 is 23.9 Å². The Balaban J connectivity index is 1.61. The molecule has 1 aromatic rings. The zero-order valence-electron chi connectivity index (χ0n) is 13.2. The van der Waals surface area contributed by atoms with Gasteiger partial charge in [0.2, 0.25) is 0 Å². The molecule has 1 saturated heterocycles. The number of rotatable bonds is 3. The molecule has 0 unspecified atom stereocenters. The van der Waals surface area contributed by atoms with Crippen LogP contribution in [-0.2, 0) is 14.3 Å². The third-order valence-electron chi connectivity index (χ3n) is 4.40. The first-order valence-electron chi connectivity index (χ1n) is 7.87. The van der Waals surface area contributed by atoms with E-state index in [1.54, 1.807) is 23.1 Å². The Hall–Kier alpha value is -2.77. The number of likely N-dealkylation sites (N-methyl/N-ethyl adjacent to an activating group) is 1. The molecule has 3 aliphatic rings. The van der Waals surface area contributed by atoms with E-state index < -0.39 is 12.2 Å². The minimum Gasteiger partial charge on any atom is -0.481 e. The molecule has 3 amide bonds. The predicted octanol–water partition coefficient (Wildman–Crippen LogP) is 0.646.